The van der Waals surface area contributed by atoms with Crippen LogP contribution in [0.3, 0.4) is 0 Å². The SMILES string of the molecule is CNC(c1ccc(Br)cc1)c1ccsc1. The first-order valence-corrected chi connectivity index (χ1v) is 6.49. The molecule has 1 unspecified atom stereocenters. The molecule has 0 spiro atoms. The van der Waals surface area contributed by atoms with E-state index in [2.05, 4.69) is 62.3 Å². The number of benzene rings is 1. The first-order chi connectivity index (χ1) is 7.31. The molecule has 0 radical (unpaired) electrons. The monoisotopic (exact) mass is 281 g/mol. The van der Waals surface area contributed by atoms with Crippen LogP contribution in [0.5, 0.6) is 0 Å². The van der Waals surface area contributed by atoms with Crippen molar-refractivity contribution < 1.29 is 0 Å². The molecular weight excluding hydrogens is 270 g/mol. The molecule has 0 aliphatic carbocycles. The van der Waals surface area contributed by atoms with Gasteiger partial charge < -0.3 is 5.32 Å². The van der Waals surface area contributed by atoms with E-state index in [1.807, 2.05) is 7.05 Å². The molecule has 2 aromatic rings. The van der Waals surface area contributed by atoms with Crippen molar-refractivity contribution in [2.45, 2.75) is 6.04 Å². The minimum Gasteiger partial charge on any atom is -0.309 e. The van der Waals surface area contributed by atoms with Gasteiger partial charge in [-0.2, -0.15) is 11.3 Å². The predicted molar refractivity (Wildman–Crippen MR) is 69.4 cm³/mol. The first kappa shape index (κ1) is 10.9. The predicted octanol–water partition coefficient (Wildman–Crippen LogP) is 3.82. The Morgan fingerprint density at radius 3 is 2.40 bits per heavy atom. The van der Waals surface area contributed by atoms with Crippen LogP contribution in [-0.2, 0) is 0 Å². The zero-order chi connectivity index (χ0) is 10.7. The van der Waals surface area contributed by atoms with Gasteiger partial charge >= 0.3 is 0 Å². The number of halogens is 1. The van der Waals surface area contributed by atoms with Crippen molar-refractivity contribution in [2.75, 3.05) is 7.05 Å². The average Bonchev–Trinajstić information content (AvgIpc) is 2.75. The van der Waals surface area contributed by atoms with Gasteiger partial charge in [-0.3, -0.25) is 0 Å². The summed E-state index contributed by atoms with van der Waals surface area (Å²) in [7, 11) is 1.99. The molecule has 3 heteroatoms. The molecule has 0 fully saturated rings. The molecule has 0 aliphatic rings. The van der Waals surface area contributed by atoms with Crippen LogP contribution >= 0.6 is 27.3 Å². The summed E-state index contributed by atoms with van der Waals surface area (Å²) in [5, 5.41) is 7.62. The van der Waals surface area contributed by atoms with Gasteiger partial charge in [-0.1, -0.05) is 28.1 Å². The number of hydrogen-bond donors (Lipinski definition) is 1. The van der Waals surface area contributed by atoms with Crippen molar-refractivity contribution >= 4 is 27.3 Å². The largest absolute Gasteiger partial charge is 0.309 e. The molecule has 1 nitrogen and oxygen atoms in total. The molecule has 0 saturated heterocycles. The Labute approximate surface area is 102 Å². The normalized spacial score (nSPS) is 12.7. The van der Waals surface area contributed by atoms with E-state index in [1.54, 1.807) is 11.3 Å². The van der Waals surface area contributed by atoms with E-state index in [-0.39, 0.29) is 0 Å². The van der Waals surface area contributed by atoms with Crippen LogP contribution < -0.4 is 5.32 Å². The smallest absolute Gasteiger partial charge is 0.0582 e. The third-order valence-corrected chi connectivity index (χ3v) is 3.60. The summed E-state index contributed by atoms with van der Waals surface area (Å²) in [6.07, 6.45) is 0. The Hall–Kier alpha value is -0.640. The number of nitrogens with one attached hydrogen (secondary N) is 1. The molecule has 1 heterocycles. The van der Waals surface area contributed by atoms with Gasteiger partial charge in [0.05, 0.1) is 6.04 Å². The lowest BCUT2D eigenvalue weighted by Crippen LogP contribution is -2.16. The standard InChI is InChI=1S/C12H12BrNS/c1-14-12(10-6-7-15-8-10)9-2-4-11(13)5-3-9/h2-8,12,14H,1H3. The van der Waals surface area contributed by atoms with Crippen LogP contribution in [-0.4, -0.2) is 7.05 Å². The lowest BCUT2D eigenvalue weighted by Gasteiger charge is -2.15. The molecule has 0 amide bonds. The van der Waals surface area contributed by atoms with Crippen molar-refractivity contribution in [1.82, 2.24) is 5.32 Å². The van der Waals surface area contributed by atoms with Crippen LogP contribution in [0.25, 0.3) is 0 Å². The second-order valence-corrected chi connectivity index (χ2v) is 5.03. The maximum Gasteiger partial charge on any atom is 0.0582 e. The Kier molecular flexibility index (Phi) is 3.57. The molecule has 0 bridgehead atoms. The highest BCUT2D eigenvalue weighted by molar-refractivity contribution is 9.10. The highest BCUT2D eigenvalue weighted by Gasteiger charge is 2.11. The molecule has 15 heavy (non-hydrogen) atoms. The van der Waals surface area contributed by atoms with Crippen molar-refractivity contribution in [2.24, 2.45) is 0 Å². The van der Waals surface area contributed by atoms with E-state index in [4.69, 9.17) is 0 Å². The molecule has 78 valence electrons. The van der Waals surface area contributed by atoms with Crippen molar-refractivity contribution in [3.8, 4) is 0 Å². The molecular formula is C12H12BrNS. The van der Waals surface area contributed by atoms with E-state index in [9.17, 15) is 0 Å². The van der Waals surface area contributed by atoms with Gasteiger partial charge in [-0.25, -0.2) is 0 Å². The van der Waals surface area contributed by atoms with E-state index in [0.29, 0.717) is 6.04 Å². The van der Waals surface area contributed by atoms with Gasteiger partial charge in [0, 0.05) is 4.47 Å². The fourth-order valence-electron chi connectivity index (χ4n) is 1.62. The summed E-state index contributed by atoms with van der Waals surface area (Å²) in [5.41, 5.74) is 2.61. The minimum atomic E-state index is 0.296. The van der Waals surface area contributed by atoms with Crippen LogP contribution in [0.1, 0.15) is 17.2 Å². The maximum atomic E-state index is 3.45. The molecule has 1 atom stereocenters. The zero-order valence-electron chi connectivity index (χ0n) is 8.41. The third kappa shape index (κ3) is 2.48. The summed E-state index contributed by atoms with van der Waals surface area (Å²) < 4.78 is 1.12. The molecule has 0 aliphatic heterocycles. The van der Waals surface area contributed by atoms with Crippen LogP contribution in [0, 0.1) is 0 Å². The second-order valence-electron chi connectivity index (χ2n) is 3.33. The van der Waals surface area contributed by atoms with E-state index in [1.165, 1.54) is 11.1 Å². The van der Waals surface area contributed by atoms with E-state index in [0.717, 1.165) is 4.47 Å². The fourth-order valence-corrected chi connectivity index (χ4v) is 2.57. The number of rotatable bonds is 3. The third-order valence-electron chi connectivity index (χ3n) is 2.37. The Morgan fingerprint density at radius 2 is 1.87 bits per heavy atom. The van der Waals surface area contributed by atoms with Gasteiger partial charge in [0.25, 0.3) is 0 Å². The van der Waals surface area contributed by atoms with Crippen LogP contribution in [0.2, 0.25) is 0 Å². The highest BCUT2D eigenvalue weighted by Crippen LogP contribution is 2.24. The molecule has 1 N–H and O–H groups in total. The van der Waals surface area contributed by atoms with Gasteiger partial charge in [0.15, 0.2) is 0 Å². The maximum absolute atomic E-state index is 3.45. The second kappa shape index (κ2) is 4.92. The number of thiophene rings is 1. The van der Waals surface area contributed by atoms with Gasteiger partial charge in [0.2, 0.25) is 0 Å². The van der Waals surface area contributed by atoms with Gasteiger partial charge in [-0.15, -0.1) is 0 Å². The van der Waals surface area contributed by atoms with E-state index >= 15 is 0 Å². The molecule has 1 aromatic carbocycles. The number of hydrogen-bond acceptors (Lipinski definition) is 2. The molecule has 0 saturated carbocycles. The lowest BCUT2D eigenvalue weighted by molar-refractivity contribution is 0.694. The van der Waals surface area contributed by atoms with Gasteiger partial charge in [0.1, 0.15) is 0 Å². The summed E-state index contributed by atoms with van der Waals surface area (Å²) in [5.74, 6) is 0. The van der Waals surface area contributed by atoms with Crippen LogP contribution in [0.4, 0.5) is 0 Å². The summed E-state index contributed by atoms with van der Waals surface area (Å²) in [6, 6.07) is 10.9. The van der Waals surface area contributed by atoms with Crippen molar-refractivity contribution in [3.05, 3.63) is 56.7 Å². The van der Waals surface area contributed by atoms with Crippen molar-refractivity contribution in [1.29, 1.82) is 0 Å². The first-order valence-electron chi connectivity index (χ1n) is 4.76. The average molecular weight is 282 g/mol. The summed E-state index contributed by atoms with van der Waals surface area (Å²) in [4.78, 5) is 0. The lowest BCUT2D eigenvalue weighted by atomic mass is 10.0. The van der Waals surface area contributed by atoms with Gasteiger partial charge in [-0.05, 0) is 47.1 Å². The topological polar surface area (TPSA) is 12.0 Å². The fraction of sp³-hybridized carbons (Fsp3) is 0.167. The Morgan fingerprint density at radius 1 is 1.13 bits per heavy atom. The molecule has 2 rings (SSSR count). The Bertz CT molecular complexity index is 408. The van der Waals surface area contributed by atoms with Crippen LogP contribution in [0.15, 0.2) is 45.6 Å². The minimum absolute atomic E-state index is 0.296. The summed E-state index contributed by atoms with van der Waals surface area (Å²) >= 11 is 5.18. The highest BCUT2D eigenvalue weighted by atomic mass is 79.9. The summed E-state index contributed by atoms with van der Waals surface area (Å²) in [6.45, 7) is 0. The Balaban J connectivity index is 2.31. The van der Waals surface area contributed by atoms with E-state index < -0.39 is 0 Å². The molecule has 1 aromatic heterocycles. The zero-order valence-corrected chi connectivity index (χ0v) is 10.8. The van der Waals surface area contributed by atoms with Crippen molar-refractivity contribution in [3.63, 3.8) is 0 Å². The quantitative estimate of drug-likeness (QED) is 0.902.